The highest BCUT2D eigenvalue weighted by molar-refractivity contribution is 8.15. The van der Waals surface area contributed by atoms with Gasteiger partial charge in [-0.2, -0.15) is 5.10 Å². The van der Waals surface area contributed by atoms with E-state index in [4.69, 9.17) is 23.2 Å². The van der Waals surface area contributed by atoms with Crippen LogP contribution in [0.1, 0.15) is 23.1 Å². The summed E-state index contributed by atoms with van der Waals surface area (Å²) in [5.74, 6) is -0.502. The van der Waals surface area contributed by atoms with Crippen LogP contribution in [0.3, 0.4) is 0 Å². The largest absolute Gasteiger partial charge is 0.326 e. The molecule has 1 fully saturated rings. The van der Waals surface area contributed by atoms with E-state index < -0.39 is 5.25 Å². The fourth-order valence-corrected chi connectivity index (χ4v) is 4.09. The van der Waals surface area contributed by atoms with Crippen molar-refractivity contribution in [2.45, 2.75) is 25.5 Å². The molecule has 2 amide bonds. The number of rotatable bonds is 5. The average molecular weight is 449 g/mol. The third-order valence-corrected chi connectivity index (χ3v) is 5.84. The van der Waals surface area contributed by atoms with Gasteiger partial charge in [-0.1, -0.05) is 59.2 Å². The Morgan fingerprint density at radius 3 is 2.66 bits per heavy atom. The molecule has 3 rings (SSSR count). The highest BCUT2D eigenvalue weighted by Crippen LogP contribution is 2.25. The minimum Gasteiger partial charge on any atom is -0.326 e. The number of hydrogen-bond donors (Lipinski definition) is 2. The van der Waals surface area contributed by atoms with Gasteiger partial charge in [-0.3, -0.25) is 9.59 Å². The summed E-state index contributed by atoms with van der Waals surface area (Å²) in [5.41, 5.74) is 3.37. The molecule has 1 saturated heterocycles. The van der Waals surface area contributed by atoms with E-state index in [1.54, 1.807) is 18.2 Å². The highest BCUT2D eigenvalue weighted by atomic mass is 35.5. The lowest BCUT2D eigenvalue weighted by molar-refractivity contribution is -0.122. The van der Waals surface area contributed by atoms with E-state index >= 15 is 0 Å². The van der Waals surface area contributed by atoms with Crippen molar-refractivity contribution in [2.24, 2.45) is 10.2 Å². The lowest BCUT2D eigenvalue weighted by Gasteiger charge is -2.12. The maximum absolute atomic E-state index is 12.4. The maximum atomic E-state index is 12.4. The summed E-state index contributed by atoms with van der Waals surface area (Å²) < 4.78 is 0. The van der Waals surface area contributed by atoms with E-state index in [-0.39, 0.29) is 18.2 Å². The van der Waals surface area contributed by atoms with Gasteiger partial charge >= 0.3 is 0 Å². The number of nitrogens with one attached hydrogen (secondary N) is 2. The molecular formula is C20H18Cl2N4O2S. The smallest absolute Gasteiger partial charge is 0.240 e. The molecule has 1 heterocycles. The molecule has 1 aliphatic rings. The minimum absolute atomic E-state index is 0.0377. The molecule has 0 radical (unpaired) electrons. The Labute approximate surface area is 182 Å². The molecule has 0 bridgehead atoms. The quantitative estimate of drug-likeness (QED) is 0.519. The first-order valence-corrected chi connectivity index (χ1v) is 10.4. The Morgan fingerprint density at radius 1 is 1.24 bits per heavy atom. The first kappa shape index (κ1) is 21.4. The number of anilines is 1. The van der Waals surface area contributed by atoms with Gasteiger partial charge in [-0.25, -0.2) is 0 Å². The maximum Gasteiger partial charge on any atom is 0.240 e. The Morgan fingerprint density at radius 2 is 1.97 bits per heavy atom. The molecule has 0 aromatic heterocycles. The number of hydrogen-bond acceptors (Lipinski definition) is 5. The molecule has 150 valence electrons. The number of carbonyl (C=O) groups excluding carboxylic acids is 2. The predicted molar refractivity (Wildman–Crippen MR) is 120 cm³/mol. The number of amides is 2. The summed E-state index contributed by atoms with van der Waals surface area (Å²) in [4.78, 5) is 24.5. The topological polar surface area (TPSA) is 82.9 Å². The molecule has 0 aliphatic carbocycles. The van der Waals surface area contributed by atoms with Gasteiger partial charge in [0.05, 0.1) is 11.2 Å². The molecule has 1 unspecified atom stereocenters. The van der Waals surface area contributed by atoms with Crippen LogP contribution in [-0.4, -0.2) is 28.4 Å². The summed E-state index contributed by atoms with van der Waals surface area (Å²) in [6.45, 7) is 3.85. The number of aryl methyl sites for hydroxylation is 2. The second kappa shape index (κ2) is 9.43. The molecule has 0 saturated carbocycles. The van der Waals surface area contributed by atoms with Crippen LogP contribution in [0.15, 0.2) is 46.6 Å². The summed E-state index contributed by atoms with van der Waals surface area (Å²) >= 11 is 13.1. The van der Waals surface area contributed by atoms with Crippen molar-refractivity contribution >= 4 is 63.8 Å². The van der Waals surface area contributed by atoms with Gasteiger partial charge in [0, 0.05) is 22.7 Å². The first-order valence-electron chi connectivity index (χ1n) is 8.73. The number of carbonyl (C=O) groups is 2. The number of halogens is 2. The van der Waals surface area contributed by atoms with E-state index in [0.29, 0.717) is 20.8 Å². The third kappa shape index (κ3) is 5.59. The Kier molecular flexibility index (Phi) is 6.95. The number of amidine groups is 1. The molecule has 29 heavy (non-hydrogen) atoms. The van der Waals surface area contributed by atoms with E-state index in [2.05, 4.69) is 20.8 Å². The van der Waals surface area contributed by atoms with Crippen LogP contribution < -0.4 is 10.6 Å². The van der Waals surface area contributed by atoms with E-state index in [1.165, 1.54) is 18.0 Å². The van der Waals surface area contributed by atoms with Gasteiger partial charge in [0.25, 0.3) is 0 Å². The van der Waals surface area contributed by atoms with Gasteiger partial charge in [-0.05, 0) is 37.1 Å². The van der Waals surface area contributed by atoms with Crippen LogP contribution in [0.2, 0.25) is 10.0 Å². The molecule has 0 spiro atoms. The van der Waals surface area contributed by atoms with E-state index in [1.807, 2.05) is 32.0 Å². The fraction of sp³-hybridized carbons (Fsp3) is 0.200. The Hall–Kier alpha value is -2.35. The minimum atomic E-state index is -0.563. The van der Waals surface area contributed by atoms with Crippen LogP contribution in [0, 0.1) is 13.8 Å². The van der Waals surface area contributed by atoms with Crippen molar-refractivity contribution in [1.29, 1.82) is 0 Å². The summed E-state index contributed by atoms with van der Waals surface area (Å²) in [5, 5.41) is 14.2. The van der Waals surface area contributed by atoms with Gasteiger partial charge < -0.3 is 10.6 Å². The molecule has 2 aromatic carbocycles. The zero-order valence-corrected chi connectivity index (χ0v) is 18.0. The zero-order chi connectivity index (χ0) is 21.0. The third-order valence-electron chi connectivity index (χ3n) is 4.20. The van der Waals surface area contributed by atoms with Crippen LogP contribution in [0.25, 0.3) is 0 Å². The van der Waals surface area contributed by atoms with Crippen molar-refractivity contribution in [2.75, 3.05) is 5.32 Å². The van der Waals surface area contributed by atoms with Crippen molar-refractivity contribution in [3.05, 3.63) is 63.1 Å². The molecule has 9 heteroatoms. The second-order valence-corrected chi connectivity index (χ2v) is 8.47. The second-order valence-electron chi connectivity index (χ2n) is 6.43. The zero-order valence-electron chi connectivity index (χ0n) is 15.7. The molecular weight excluding hydrogens is 431 g/mol. The monoisotopic (exact) mass is 448 g/mol. The molecule has 2 aromatic rings. The van der Waals surface area contributed by atoms with Crippen molar-refractivity contribution < 1.29 is 9.59 Å². The van der Waals surface area contributed by atoms with Crippen LogP contribution in [-0.2, 0) is 9.59 Å². The summed E-state index contributed by atoms with van der Waals surface area (Å²) in [7, 11) is 0. The van der Waals surface area contributed by atoms with E-state index in [9.17, 15) is 9.59 Å². The lowest BCUT2D eigenvalue weighted by Crippen LogP contribution is -2.28. The Balaban J connectivity index is 1.60. The SMILES string of the molecule is Cc1cccc(C)c1NC(=O)CC1S/C(=N/N=Cc2ccc(Cl)cc2Cl)NC1=O. The van der Waals surface area contributed by atoms with Gasteiger partial charge in [-0.15, -0.1) is 5.10 Å². The van der Waals surface area contributed by atoms with Crippen LogP contribution in [0.5, 0.6) is 0 Å². The average Bonchev–Trinajstić information content (AvgIpc) is 2.99. The lowest BCUT2D eigenvalue weighted by atomic mass is 10.1. The highest BCUT2D eigenvalue weighted by Gasteiger charge is 2.32. The van der Waals surface area contributed by atoms with Gasteiger partial charge in [0.15, 0.2) is 5.17 Å². The molecule has 1 aliphatic heterocycles. The van der Waals surface area contributed by atoms with Crippen molar-refractivity contribution in [1.82, 2.24) is 5.32 Å². The summed E-state index contributed by atoms with van der Waals surface area (Å²) in [6, 6.07) is 10.8. The molecule has 2 N–H and O–H groups in total. The standard InChI is InChI=1S/C20H18Cl2N4O2S/c1-11-4-3-5-12(2)18(11)24-17(27)9-16-19(28)25-20(29-16)26-23-10-13-6-7-14(21)8-15(13)22/h3-8,10,16H,9H2,1-2H3,(H,24,27)(H,25,26,28). The molecule has 6 nitrogen and oxygen atoms in total. The van der Waals surface area contributed by atoms with Crippen LogP contribution in [0.4, 0.5) is 5.69 Å². The van der Waals surface area contributed by atoms with Gasteiger partial charge in [0.2, 0.25) is 11.8 Å². The van der Waals surface area contributed by atoms with Gasteiger partial charge in [0.1, 0.15) is 5.25 Å². The van der Waals surface area contributed by atoms with Crippen LogP contribution >= 0.6 is 35.0 Å². The number of benzene rings is 2. The number of thioether (sulfide) groups is 1. The van der Waals surface area contributed by atoms with Crippen molar-refractivity contribution in [3.63, 3.8) is 0 Å². The molecule has 1 atom stereocenters. The Bertz CT molecular complexity index is 1000. The normalized spacial score (nSPS) is 17.7. The van der Waals surface area contributed by atoms with E-state index in [0.717, 1.165) is 16.8 Å². The number of nitrogens with zero attached hydrogens (tertiary/aromatic N) is 2. The first-order chi connectivity index (χ1) is 13.8. The summed E-state index contributed by atoms with van der Waals surface area (Å²) in [6.07, 6.45) is 1.51. The number of para-hydroxylation sites is 1. The van der Waals surface area contributed by atoms with Crippen molar-refractivity contribution in [3.8, 4) is 0 Å². The predicted octanol–water partition coefficient (Wildman–Crippen LogP) is 4.56. The fourth-order valence-electron chi connectivity index (χ4n) is 2.71.